The van der Waals surface area contributed by atoms with E-state index in [9.17, 15) is 0 Å². The van der Waals surface area contributed by atoms with E-state index in [1.54, 1.807) is 4.57 Å². The van der Waals surface area contributed by atoms with E-state index in [4.69, 9.17) is 17.3 Å². The minimum atomic E-state index is 0.429. The fraction of sp³-hybridized carbons (Fsp3) is 0.250. The Morgan fingerprint density at radius 2 is 1.94 bits per heavy atom. The average molecular weight is 236 g/mol. The monoisotopic (exact) mass is 235 g/mol. The van der Waals surface area contributed by atoms with Crippen molar-refractivity contribution in [1.29, 1.82) is 0 Å². The summed E-state index contributed by atoms with van der Waals surface area (Å²) in [5, 5.41) is 0.447. The summed E-state index contributed by atoms with van der Waals surface area (Å²) in [6.07, 6.45) is 0. The van der Waals surface area contributed by atoms with Crippen molar-refractivity contribution in [2.45, 2.75) is 13.8 Å². The van der Waals surface area contributed by atoms with Gasteiger partial charge < -0.3 is 10.3 Å². The van der Waals surface area contributed by atoms with Crippen LogP contribution in [0.25, 0.3) is 11.3 Å². The zero-order chi connectivity index (χ0) is 11.9. The lowest BCUT2D eigenvalue weighted by atomic mass is 10.0. The molecule has 16 heavy (non-hydrogen) atoms. The van der Waals surface area contributed by atoms with Gasteiger partial charge in [-0.25, -0.2) is 4.98 Å². The zero-order valence-corrected chi connectivity index (χ0v) is 10.3. The Hall–Kier alpha value is -1.48. The minimum Gasteiger partial charge on any atom is -0.369 e. The smallest absolute Gasteiger partial charge is 0.201 e. The predicted molar refractivity (Wildman–Crippen MR) is 67.5 cm³/mol. The van der Waals surface area contributed by atoms with E-state index >= 15 is 0 Å². The van der Waals surface area contributed by atoms with Crippen LogP contribution in [0.3, 0.4) is 0 Å². The number of hydrogen-bond acceptors (Lipinski definition) is 2. The molecule has 3 nitrogen and oxygen atoms in total. The molecule has 0 amide bonds. The highest BCUT2D eigenvalue weighted by atomic mass is 35.5. The first kappa shape index (κ1) is 11.0. The molecular weight excluding hydrogens is 222 g/mol. The van der Waals surface area contributed by atoms with Crippen molar-refractivity contribution in [2.24, 2.45) is 7.05 Å². The number of nitrogen functional groups attached to an aromatic ring is 1. The fourth-order valence-electron chi connectivity index (χ4n) is 1.68. The Labute approximate surface area is 99.9 Å². The van der Waals surface area contributed by atoms with Gasteiger partial charge in [0.05, 0.1) is 5.69 Å². The number of benzene rings is 1. The van der Waals surface area contributed by atoms with Crippen molar-refractivity contribution in [2.75, 3.05) is 5.73 Å². The molecule has 1 aromatic carbocycles. The normalized spacial score (nSPS) is 10.8. The molecule has 0 saturated carbocycles. The molecule has 0 radical (unpaired) electrons. The standard InChI is InChI=1S/C12H14ClN3/c1-7-4-5-9(6-8(7)2)10-11(13)15-12(14)16(10)3/h4-6H,1-3H3,(H2,14,15). The fourth-order valence-corrected chi connectivity index (χ4v) is 2.01. The average Bonchev–Trinajstić information content (AvgIpc) is 2.47. The Morgan fingerprint density at radius 3 is 2.44 bits per heavy atom. The highest BCUT2D eigenvalue weighted by Crippen LogP contribution is 2.30. The summed E-state index contributed by atoms with van der Waals surface area (Å²) in [4.78, 5) is 4.05. The van der Waals surface area contributed by atoms with Crippen LogP contribution in [-0.2, 0) is 7.05 Å². The molecule has 1 heterocycles. The maximum atomic E-state index is 6.07. The molecule has 2 rings (SSSR count). The summed E-state index contributed by atoms with van der Waals surface area (Å²) in [7, 11) is 1.86. The van der Waals surface area contributed by atoms with Gasteiger partial charge in [0, 0.05) is 12.6 Å². The van der Waals surface area contributed by atoms with Gasteiger partial charge in [0.25, 0.3) is 0 Å². The summed E-state index contributed by atoms with van der Waals surface area (Å²) in [5.41, 5.74) is 10.1. The molecule has 1 aromatic heterocycles. The molecule has 84 valence electrons. The lowest BCUT2D eigenvalue weighted by molar-refractivity contribution is 0.938. The van der Waals surface area contributed by atoms with E-state index in [-0.39, 0.29) is 0 Å². The lowest BCUT2D eigenvalue weighted by Crippen LogP contribution is -1.98. The van der Waals surface area contributed by atoms with E-state index in [1.807, 2.05) is 13.1 Å². The Kier molecular flexibility index (Phi) is 2.64. The zero-order valence-electron chi connectivity index (χ0n) is 9.58. The molecule has 2 aromatic rings. The maximum Gasteiger partial charge on any atom is 0.201 e. The molecule has 4 heteroatoms. The highest BCUT2D eigenvalue weighted by molar-refractivity contribution is 6.32. The van der Waals surface area contributed by atoms with E-state index in [0.717, 1.165) is 11.3 Å². The summed E-state index contributed by atoms with van der Waals surface area (Å²) in [6.45, 7) is 4.16. The van der Waals surface area contributed by atoms with E-state index in [2.05, 4.69) is 31.0 Å². The molecule has 0 unspecified atom stereocenters. The van der Waals surface area contributed by atoms with Crippen LogP contribution < -0.4 is 5.73 Å². The number of nitrogens with zero attached hydrogens (tertiary/aromatic N) is 2. The van der Waals surface area contributed by atoms with Crippen molar-refractivity contribution in [3.63, 3.8) is 0 Å². The first-order valence-corrected chi connectivity index (χ1v) is 5.44. The summed E-state index contributed by atoms with van der Waals surface area (Å²) in [5.74, 6) is 0.429. The molecular formula is C12H14ClN3. The number of aryl methyl sites for hydroxylation is 2. The molecule has 2 N–H and O–H groups in total. The van der Waals surface area contributed by atoms with Gasteiger partial charge in [-0.3, -0.25) is 0 Å². The number of rotatable bonds is 1. The SMILES string of the molecule is Cc1ccc(-c2c(Cl)nc(N)n2C)cc1C. The van der Waals surface area contributed by atoms with Crippen LogP contribution in [0.15, 0.2) is 18.2 Å². The van der Waals surface area contributed by atoms with Gasteiger partial charge in [0.1, 0.15) is 0 Å². The van der Waals surface area contributed by atoms with Crippen molar-refractivity contribution in [3.8, 4) is 11.3 Å². The summed E-state index contributed by atoms with van der Waals surface area (Å²) < 4.78 is 1.80. The number of aromatic nitrogens is 2. The van der Waals surface area contributed by atoms with E-state index < -0.39 is 0 Å². The van der Waals surface area contributed by atoms with Crippen LogP contribution in [0.5, 0.6) is 0 Å². The molecule has 0 atom stereocenters. The second-order valence-corrected chi connectivity index (χ2v) is 4.33. The van der Waals surface area contributed by atoms with Crippen molar-refractivity contribution >= 4 is 17.5 Å². The van der Waals surface area contributed by atoms with Crippen LogP contribution in [0.2, 0.25) is 5.15 Å². The number of hydrogen-bond donors (Lipinski definition) is 1. The van der Waals surface area contributed by atoms with Crippen LogP contribution in [0, 0.1) is 13.8 Å². The van der Waals surface area contributed by atoms with Gasteiger partial charge in [-0.1, -0.05) is 23.7 Å². The second kappa shape index (κ2) is 3.83. The van der Waals surface area contributed by atoms with Crippen LogP contribution in [0.4, 0.5) is 5.95 Å². The van der Waals surface area contributed by atoms with Gasteiger partial charge in [0.2, 0.25) is 5.95 Å². The first-order chi connectivity index (χ1) is 7.50. The third kappa shape index (κ3) is 1.67. The quantitative estimate of drug-likeness (QED) is 0.826. The van der Waals surface area contributed by atoms with Gasteiger partial charge in [-0.15, -0.1) is 0 Å². The molecule has 0 fully saturated rings. The second-order valence-electron chi connectivity index (χ2n) is 3.97. The van der Waals surface area contributed by atoms with Crippen molar-refractivity contribution in [1.82, 2.24) is 9.55 Å². The van der Waals surface area contributed by atoms with Gasteiger partial charge in [-0.05, 0) is 31.0 Å². The highest BCUT2D eigenvalue weighted by Gasteiger charge is 2.13. The lowest BCUT2D eigenvalue weighted by Gasteiger charge is -2.07. The van der Waals surface area contributed by atoms with Crippen LogP contribution in [-0.4, -0.2) is 9.55 Å². The van der Waals surface area contributed by atoms with Crippen LogP contribution in [0.1, 0.15) is 11.1 Å². The van der Waals surface area contributed by atoms with Gasteiger partial charge >= 0.3 is 0 Å². The number of imidazole rings is 1. The molecule has 0 aliphatic rings. The summed E-state index contributed by atoms with van der Waals surface area (Å²) in [6, 6.07) is 6.20. The third-order valence-electron chi connectivity index (χ3n) is 2.87. The van der Waals surface area contributed by atoms with Crippen LogP contribution >= 0.6 is 11.6 Å². The maximum absolute atomic E-state index is 6.07. The van der Waals surface area contributed by atoms with E-state index in [1.165, 1.54) is 11.1 Å². The minimum absolute atomic E-state index is 0.429. The number of anilines is 1. The largest absolute Gasteiger partial charge is 0.369 e. The molecule has 0 saturated heterocycles. The Bertz CT molecular complexity index is 543. The predicted octanol–water partition coefficient (Wildman–Crippen LogP) is 2.94. The molecule has 0 aliphatic heterocycles. The molecule has 0 bridgehead atoms. The summed E-state index contributed by atoms with van der Waals surface area (Å²) >= 11 is 6.07. The Morgan fingerprint density at radius 1 is 1.25 bits per heavy atom. The van der Waals surface area contributed by atoms with Gasteiger partial charge in [-0.2, -0.15) is 0 Å². The topological polar surface area (TPSA) is 43.8 Å². The molecule has 0 spiro atoms. The number of nitrogens with two attached hydrogens (primary N) is 1. The van der Waals surface area contributed by atoms with Crippen molar-refractivity contribution in [3.05, 3.63) is 34.5 Å². The van der Waals surface area contributed by atoms with E-state index in [0.29, 0.717) is 11.1 Å². The first-order valence-electron chi connectivity index (χ1n) is 5.06. The van der Waals surface area contributed by atoms with Gasteiger partial charge in [0.15, 0.2) is 5.15 Å². The van der Waals surface area contributed by atoms with Crippen molar-refractivity contribution < 1.29 is 0 Å². The number of halogens is 1. The Balaban J connectivity index is 2.63. The third-order valence-corrected chi connectivity index (χ3v) is 3.13. The molecule has 0 aliphatic carbocycles.